The lowest BCUT2D eigenvalue weighted by Gasteiger charge is -2.12. The third-order valence-electron chi connectivity index (χ3n) is 2.65. The molecule has 1 aromatic heterocycles. The van der Waals surface area contributed by atoms with Crippen molar-refractivity contribution >= 4 is 0 Å². The standard InChI is InChI=1S/C10H16N2O2/c1-5-6(2)12-9(13)7(3)8(4)11-10(12)14/h6H,5H2,1-4H3,(H,11,14). The molecule has 0 aliphatic carbocycles. The van der Waals surface area contributed by atoms with Crippen LogP contribution >= 0.6 is 0 Å². The predicted octanol–water partition coefficient (Wildman–Crippen LogP) is 1.12. The Morgan fingerprint density at radius 3 is 2.43 bits per heavy atom. The minimum atomic E-state index is -0.313. The van der Waals surface area contributed by atoms with Crippen LogP contribution in [0.15, 0.2) is 9.59 Å². The fraction of sp³-hybridized carbons (Fsp3) is 0.600. The summed E-state index contributed by atoms with van der Waals surface area (Å²) < 4.78 is 1.28. The van der Waals surface area contributed by atoms with E-state index in [1.165, 1.54) is 4.57 Å². The lowest BCUT2D eigenvalue weighted by molar-refractivity contribution is 0.485. The van der Waals surface area contributed by atoms with Crippen LogP contribution in [0.4, 0.5) is 0 Å². The van der Waals surface area contributed by atoms with E-state index in [-0.39, 0.29) is 17.3 Å². The first-order valence-corrected chi connectivity index (χ1v) is 4.81. The zero-order valence-corrected chi connectivity index (χ0v) is 9.05. The van der Waals surface area contributed by atoms with Crippen molar-refractivity contribution in [1.82, 2.24) is 9.55 Å². The maximum Gasteiger partial charge on any atom is 0.328 e. The Hall–Kier alpha value is -1.32. The number of aromatic nitrogens is 2. The molecule has 0 aliphatic rings. The first-order valence-electron chi connectivity index (χ1n) is 4.81. The molecule has 4 nitrogen and oxygen atoms in total. The minimum absolute atomic E-state index is 0.0504. The average molecular weight is 196 g/mol. The van der Waals surface area contributed by atoms with Crippen LogP contribution in [0, 0.1) is 13.8 Å². The second-order valence-corrected chi connectivity index (χ2v) is 3.61. The number of H-pyrrole nitrogens is 1. The second-order valence-electron chi connectivity index (χ2n) is 3.61. The Bertz CT molecular complexity index is 442. The van der Waals surface area contributed by atoms with E-state index in [0.29, 0.717) is 11.3 Å². The number of hydrogen-bond acceptors (Lipinski definition) is 2. The van der Waals surface area contributed by atoms with Gasteiger partial charge in [-0.05, 0) is 27.2 Å². The van der Waals surface area contributed by atoms with Crippen LogP contribution in [-0.2, 0) is 0 Å². The van der Waals surface area contributed by atoms with Crippen LogP contribution in [0.2, 0.25) is 0 Å². The van der Waals surface area contributed by atoms with Gasteiger partial charge >= 0.3 is 5.69 Å². The summed E-state index contributed by atoms with van der Waals surface area (Å²) in [6, 6.07) is -0.0504. The quantitative estimate of drug-likeness (QED) is 0.770. The van der Waals surface area contributed by atoms with E-state index in [4.69, 9.17) is 0 Å². The molecule has 78 valence electrons. The van der Waals surface area contributed by atoms with Crippen LogP contribution in [0.3, 0.4) is 0 Å². The largest absolute Gasteiger partial charge is 0.328 e. The van der Waals surface area contributed by atoms with Crippen LogP contribution in [-0.4, -0.2) is 9.55 Å². The molecule has 0 fully saturated rings. The average Bonchev–Trinajstić information content (AvgIpc) is 2.14. The summed E-state index contributed by atoms with van der Waals surface area (Å²) in [6.45, 7) is 7.28. The van der Waals surface area contributed by atoms with Crippen molar-refractivity contribution in [3.05, 3.63) is 32.1 Å². The Labute approximate surface area is 82.6 Å². The number of nitrogens with zero attached hydrogens (tertiary/aromatic N) is 1. The lowest BCUT2D eigenvalue weighted by Crippen LogP contribution is -2.39. The van der Waals surface area contributed by atoms with Crippen molar-refractivity contribution in [2.75, 3.05) is 0 Å². The summed E-state index contributed by atoms with van der Waals surface area (Å²) in [5.41, 5.74) is 0.775. The van der Waals surface area contributed by atoms with Gasteiger partial charge in [0.15, 0.2) is 0 Å². The zero-order valence-electron chi connectivity index (χ0n) is 9.05. The molecule has 0 saturated carbocycles. The smallest absolute Gasteiger partial charge is 0.311 e. The van der Waals surface area contributed by atoms with Gasteiger partial charge in [-0.15, -0.1) is 0 Å². The van der Waals surface area contributed by atoms with E-state index in [2.05, 4.69) is 4.98 Å². The molecule has 1 aromatic rings. The fourth-order valence-electron chi connectivity index (χ4n) is 1.33. The molecule has 0 amide bonds. The van der Waals surface area contributed by atoms with Gasteiger partial charge in [-0.2, -0.15) is 0 Å². The summed E-state index contributed by atoms with van der Waals surface area (Å²) in [4.78, 5) is 25.9. The van der Waals surface area contributed by atoms with Gasteiger partial charge in [-0.25, -0.2) is 4.79 Å². The molecular formula is C10H16N2O2. The van der Waals surface area contributed by atoms with Gasteiger partial charge in [-0.1, -0.05) is 6.92 Å². The summed E-state index contributed by atoms with van der Waals surface area (Å²) in [5.74, 6) is 0. The molecule has 0 bridgehead atoms. The van der Waals surface area contributed by atoms with Crippen LogP contribution in [0.5, 0.6) is 0 Å². The van der Waals surface area contributed by atoms with E-state index in [1.807, 2.05) is 13.8 Å². The first kappa shape index (κ1) is 10.8. The topological polar surface area (TPSA) is 54.9 Å². The van der Waals surface area contributed by atoms with Gasteiger partial charge < -0.3 is 4.98 Å². The van der Waals surface area contributed by atoms with Crippen LogP contribution in [0.1, 0.15) is 37.6 Å². The SMILES string of the molecule is CCC(C)n1c(=O)[nH]c(C)c(C)c1=O. The summed E-state index contributed by atoms with van der Waals surface area (Å²) >= 11 is 0. The lowest BCUT2D eigenvalue weighted by atomic mass is 10.2. The Morgan fingerprint density at radius 1 is 1.36 bits per heavy atom. The van der Waals surface area contributed by atoms with Gasteiger partial charge in [0.25, 0.3) is 5.56 Å². The van der Waals surface area contributed by atoms with Crippen molar-refractivity contribution in [3.8, 4) is 0 Å². The van der Waals surface area contributed by atoms with Crippen molar-refractivity contribution in [3.63, 3.8) is 0 Å². The van der Waals surface area contributed by atoms with Crippen molar-refractivity contribution in [1.29, 1.82) is 0 Å². The van der Waals surface area contributed by atoms with Crippen molar-refractivity contribution in [2.24, 2.45) is 0 Å². The number of nitrogens with one attached hydrogen (secondary N) is 1. The monoisotopic (exact) mass is 196 g/mol. The first-order chi connectivity index (χ1) is 6.49. The van der Waals surface area contributed by atoms with Crippen molar-refractivity contribution in [2.45, 2.75) is 40.2 Å². The van der Waals surface area contributed by atoms with Crippen LogP contribution < -0.4 is 11.2 Å². The van der Waals surface area contributed by atoms with Crippen LogP contribution in [0.25, 0.3) is 0 Å². The van der Waals surface area contributed by atoms with E-state index in [9.17, 15) is 9.59 Å². The van der Waals surface area contributed by atoms with Crippen molar-refractivity contribution < 1.29 is 0 Å². The summed E-state index contributed by atoms with van der Waals surface area (Å²) in [5, 5.41) is 0. The maximum absolute atomic E-state index is 11.8. The summed E-state index contributed by atoms with van der Waals surface area (Å²) in [7, 11) is 0. The highest BCUT2D eigenvalue weighted by Crippen LogP contribution is 2.04. The molecule has 1 heterocycles. The molecule has 4 heteroatoms. The number of rotatable bonds is 2. The normalized spacial score (nSPS) is 12.9. The minimum Gasteiger partial charge on any atom is -0.311 e. The number of aryl methyl sites for hydroxylation is 1. The molecule has 0 saturated heterocycles. The van der Waals surface area contributed by atoms with E-state index >= 15 is 0 Å². The van der Waals surface area contributed by atoms with Gasteiger partial charge in [0.05, 0.1) is 0 Å². The molecule has 1 rings (SSSR count). The molecular weight excluding hydrogens is 180 g/mol. The Balaban J connectivity index is 3.53. The maximum atomic E-state index is 11.8. The Kier molecular flexibility index (Phi) is 2.93. The third kappa shape index (κ3) is 1.64. The predicted molar refractivity (Wildman–Crippen MR) is 55.8 cm³/mol. The van der Waals surface area contributed by atoms with Gasteiger partial charge in [0, 0.05) is 17.3 Å². The highest BCUT2D eigenvalue weighted by molar-refractivity contribution is 5.12. The molecule has 0 aromatic carbocycles. The molecule has 1 unspecified atom stereocenters. The second kappa shape index (κ2) is 3.82. The third-order valence-corrected chi connectivity index (χ3v) is 2.65. The highest BCUT2D eigenvalue weighted by atomic mass is 16.2. The van der Waals surface area contributed by atoms with E-state index in [1.54, 1.807) is 13.8 Å². The molecule has 1 N–H and O–H groups in total. The highest BCUT2D eigenvalue weighted by Gasteiger charge is 2.11. The Morgan fingerprint density at radius 2 is 1.93 bits per heavy atom. The molecule has 0 aliphatic heterocycles. The number of aromatic amines is 1. The van der Waals surface area contributed by atoms with Gasteiger partial charge in [-0.3, -0.25) is 9.36 Å². The summed E-state index contributed by atoms with van der Waals surface area (Å²) in [6.07, 6.45) is 0.769. The molecule has 1 atom stereocenters. The van der Waals surface area contributed by atoms with Gasteiger partial charge in [0.1, 0.15) is 0 Å². The molecule has 0 spiro atoms. The van der Waals surface area contributed by atoms with E-state index in [0.717, 1.165) is 6.42 Å². The van der Waals surface area contributed by atoms with Gasteiger partial charge in [0.2, 0.25) is 0 Å². The fourth-order valence-corrected chi connectivity index (χ4v) is 1.33. The van der Waals surface area contributed by atoms with E-state index < -0.39 is 0 Å². The number of hydrogen-bond donors (Lipinski definition) is 1. The molecule has 0 radical (unpaired) electrons. The zero-order chi connectivity index (χ0) is 10.9. The molecule has 14 heavy (non-hydrogen) atoms.